The minimum Gasteiger partial charge on any atom is -0.478 e. The molecule has 1 aromatic heterocycles. The number of carboxylic acids is 1. The molecule has 1 aliphatic carbocycles. The van der Waals surface area contributed by atoms with Gasteiger partial charge in [0.05, 0.1) is 11.9 Å². The zero-order valence-corrected chi connectivity index (χ0v) is 14.3. The molecular formula is C18H18F3N3O3. The molecule has 1 saturated carbocycles. The highest BCUT2D eigenvalue weighted by Gasteiger charge is 2.40. The number of aromatic nitrogens is 2. The summed E-state index contributed by atoms with van der Waals surface area (Å²) in [6.07, 6.45) is 0.379. The van der Waals surface area contributed by atoms with Gasteiger partial charge in [0.25, 0.3) is 0 Å². The molecule has 1 amide bonds. The van der Waals surface area contributed by atoms with Gasteiger partial charge in [-0.2, -0.15) is 18.3 Å². The first-order valence-corrected chi connectivity index (χ1v) is 8.54. The summed E-state index contributed by atoms with van der Waals surface area (Å²) in [7, 11) is 0. The average molecular weight is 381 g/mol. The predicted octanol–water partition coefficient (Wildman–Crippen LogP) is 4.11. The molecule has 0 atom stereocenters. The van der Waals surface area contributed by atoms with Crippen LogP contribution in [0, 0.1) is 5.92 Å². The van der Waals surface area contributed by atoms with Gasteiger partial charge in [0, 0.05) is 12.1 Å². The summed E-state index contributed by atoms with van der Waals surface area (Å²) in [5, 5.41) is 15.3. The number of nitrogens with one attached hydrogen (secondary N) is 1. The standard InChI is InChI=1S/C18H18F3N3O3/c19-18(20,21)16-14(17(26)27)10-22-24(16)13-7-3-6-12(9-13)23-15(25)8-11-4-1-2-5-11/h3,6-7,9-11H,1-2,4-5,8H2,(H,23,25)(H,26,27). The highest BCUT2D eigenvalue weighted by Crippen LogP contribution is 2.34. The molecule has 1 fully saturated rings. The van der Waals surface area contributed by atoms with Crippen LogP contribution in [0.1, 0.15) is 48.2 Å². The molecule has 9 heteroatoms. The van der Waals surface area contributed by atoms with Crippen molar-refractivity contribution in [1.29, 1.82) is 0 Å². The molecule has 1 aliphatic rings. The average Bonchev–Trinajstić information content (AvgIpc) is 3.23. The molecule has 6 nitrogen and oxygen atoms in total. The van der Waals surface area contributed by atoms with Crippen LogP contribution in [-0.4, -0.2) is 26.8 Å². The van der Waals surface area contributed by atoms with Crippen molar-refractivity contribution in [2.75, 3.05) is 5.32 Å². The number of carbonyl (C=O) groups excluding carboxylic acids is 1. The number of nitrogens with zero attached hydrogens (tertiary/aromatic N) is 2. The molecule has 0 radical (unpaired) electrons. The van der Waals surface area contributed by atoms with Gasteiger partial charge in [0.15, 0.2) is 5.69 Å². The minimum atomic E-state index is -4.90. The Kier molecular flexibility index (Phi) is 5.20. The number of amides is 1. The number of aromatic carboxylic acids is 1. The largest absolute Gasteiger partial charge is 0.478 e. The van der Waals surface area contributed by atoms with Gasteiger partial charge in [-0.05, 0) is 37.0 Å². The maximum Gasteiger partial charge on any atom is 0.434 e. The first-order valence-electron chi connectivity index (χ1n) is 8.54. The van der Waals surface area contributed by atoms with Gasteiger partial charge >= 0.3 is 12.1 Å². The van der Waals surface area contributed by atoms with Crippen LogP contribution in [-0.2, 0) is 11.0 Å². The highest BCUT2D eigenvalue weighted by atomic mass is 19.4. The summed E-state index contributed by atoms with van der Waals surface area (Å²) in [6, 6.07) is 5.73. The van der Waals surface area contributed by atoms with E-state index in [1.165, 1.54) is 18.2 Å². The summed E-state index contributed by atoms with van der Waals surface area (Å²) in [5.74, 6) is -1.56. The quantitative estimate of drug-likeness (QED) is 0.816. The van der Waals surface area contributed by atoms with Crippen LogP contribution in [0.15, 0.2) is 30.5 Å². The number of alkyl halides is 3. The van der Waals surface area contributed by atoms with E-state index in [0.717, 1.165) is 25.7 Å². The van der Waals surface area contributed by atoms with Crippen LogP contribution < -0.4 is 5.32 Å². The van der Waals surface area contributed by atoms with Gasteiger partial charge in [-0.15, -0.1) is 0 Å². The number of carbonyl (C=O) groups is 2. The Hall–Kier alpha value is -2.84. The molecule has 1 heterocycles. The van der Waals surface area contributed by atoms with Crippen LogP contribution in [0.3, 0.4) is 0 Å². The number of anilines is 1. The van der Waals surface area contributed by atoms with Crippen molar-refractivity contribution < 1.29 is 27.9 Å². The van der Waals surface area contributed by atoms with E-state index >= 15 is 0 Å². The number of hydrogen-bond acceptors (Lipinski definition) is 3. The van der Waals surface area contributed by atoms with E-state index in [9.17, 15) is 22.8 Å². The van der Waals surface area contributed by atoms with Crippen LogP contribution in [0.25, 0.3) is 5.69 Å². The van der Waals surface area contributed by atoms with Crippen molar-refractivity contribution in [2.45, 2.75) is 38.3 Å². The number of carboxylic acid groups (broad SMARTS) is 1. The fourth-order valence-electron chi connectivity index (χ4n) is 3.38. The second-order valence-electron chi connectivity index (χ2n) is 6.57. The topological polar surface area (TPSA) is 84.2 Å². The maximum absolute atomic E-state index is 13.3. The Bertz CT molecular complexity index is 855. The molecule has 1 aromatic carbocycles. The third-order valence-electron chi connectivity index (χ3n) is 4.59. The first kappa shape index (κ1) is 18.9. The van der Waals surface area contributed by atoms with E-state index < -0.39 is 23.4 Å². The molecule has 0 spiro atoms. The van der Waals surface area contributed by atoms with E-state index in [1.807, 2.05) is 0 Å². The minimum absolute atomic E-state index is 0.00786. The SMILES string of the molecule is O=C(CC1CCCC1)Nc1cccc(-n2ncc(C(=O)O)c2C(F)(F)F)c1. The van der Waals surface area contributed by atoms with Crippen molar-refractivity contribution in [3.05, 3.63) is 41.7 Å². The zero-order chi connectivity index (χ0) is 19.6. The third kappa shape index (κ3) is 4.29. The molecule has 2 N–H and O–H groups in total. The summed E-state index contributed by atoms with van der Waals surface area (Å²) in [4.78, 5) is 23.2. The molecule has 0 unspecified atom stereocenters. The van der Waals surface area contributed by atoms with Crippen molar-refractivity contribution in [3.8, 4) is 5.69 Å². The Balaban J connectivity index is 1.85. The molecule has 0 bridgehead atoms. The lowest BCUT2D eigenvalue weighted by Gasteiger charge is -2.13. The van der Waals surface area contributed by atoms with Crippen LogP contribution in [0.2, 0.25) is 0 Å². The van der Waals surface area contributed by atoms with Gasteiger partial charge < -0.3 is 10.4 Å². The van der Waals surface area contributed by atoms with Crippen LogP contribution in [0.5, 0.6) is 0 Å². The van der Waals surface area contributed by atoms with Crippen molar-refractivity contribution >= 4 is 17.6 Å². The Morgan fingerprint density at radius 2 is 1.96 bits per heavy atom. The van der Waals surface area contributed by atoms with E-state index in [4.69, 9.17) is 5.11 Å². The monoisotopic (exact) mass is 381 g/mol. The number of benzene rings is 1. The summed E-state index contributed by atoms with van der Waals surface area (Å²) in [5.41, 5.74) is -1.97. The van der Waals surface area contributed by atoms with Crippen molar-refractivity contribution in [2.24, 2.45) is 5.92 Å². The van der Waals surface area contributed by atoms with Crippen molar-refractivity contribution in [1.82, 2.24) is 9.78 Å². The second-order valence-corrected chi connectivity index (χ2v) is 6.57. The number of hydrogen-bond donors (Lipinski definition) is 2. The van der Waals surface area contributed by atoms with Gasteiger partial charge in [-0.1, -0.05) is 18.9 Å². The summed E-state index contributed by atoms with van der Waals surface area (Å²) in [6.45, 7) is 0. The van der Waals surface area contributed by atoms with Gasteiger partial charge in [0.2, 0.25) is 5.91 Å². The first-order chi connectivity index (χ1) is 12.8. The fraction of sp³-hybridized carbons (Fsp3) is 0.389. The Morgan fingerprint density at radius 3 is 2.59 bits per heavy atom. The fourth-order valence-corrected chi connectivity index (χ4v) is 3.38. The lowest BCUT2D eigenvalue weighted by atomic mass is 10.0. The predicted molar refractivity (Wildman–Crippen MR) is 90.7 cm³/mol. The summed E-state index contributed by atoms with van der Waals surface area (Å²) < 4.78 is 40.5. The molecule has 3 rings (SSSR count). The molecule has 144 valence electrons. The van der Waals surface area contributed by atoms with Gasteiger partial charge in [-0.25, -0.2) is 9.48 Å². The Labute approximate surface area is 153 Å². The van der Waals surface area contributed by atoms with Crippen molar-refractivity contribution in [3.63, 3.8) is 0 Å². The lowest BCUT2D eigenvalue weighted by Crippen LogP contribution is -2.18. The lowest BCUT2D eigenvalue weighted by molar-refractivity contribution is -0.143. The molecule has 27 heavy (non-hydrogen) atoms. The smallest absolute Gasteiger partial charge is 0.434 e. The zero-order valence-electron chi connectivity index (χ0n) is 14.3. The van der Waals surface area contributed by atoms with E-state index in [-0.39, 0.29) is 11.6 Å². The number of halogens is 3. The van der Waals surface area contributed by atoms with Crippen LogP contribution >= 0.6 is 0 Å². The number of rotatable bonds is 5. The molecule has 0 saturated heterocycles. The molecule has 2 aromatic rings. The van der Waals surface area contributed by atoms with Gasteiger partial charge in [0.1, 0.15) is 5.56 Å². The highest BCUT2D eigenvalue weighted by molar-refractivity contribution is 5.91. The third-order valence-corrected chi connectivity index (χ3v) is 4.59. The van der Waals surface area contributed by atoms with Gasteiger partial charge in [-0.3, -0.25) is 4.79 Å². The molecule has 0 aliphatic heterocycles. The Morgan fingerprint density at radius 1 is 1.26 bits per heavy atom. The summed E-state index contributed by atoms with van der Waals surface area (Å²) >= 11 is 0. The van der Waals surface area contributed by atoms with E-state index in [1.54, 1.807) is 6.07 Å². The second kappa shape index (κ2) is 7.42. The maximum atomic E-state index is 13.3. The normalized spacial score (nSPS) is 15.1. The van der Waals surface area contributed by atoms with Crippen LogP contribution in [0.4, 0.5) is 18.9 Å². The van der Waals surface area contributed by atoms with E-state index in [0.29, 0.717) is 28.9 Å². The van der Waals surface area contributed by atoms with E-state index in [2.05, 4.69) is 10.4 Å². The molecular weight excluding hydrogens is 363 g/mol.